The molecule has 2 atom stereocenters. The molecule has 4 rings (SSSR count). The lowest BCUT2D eigenvalue weighted by Gasteiger charge is -2.41. The summed E-state index contributed by atoms with van der Waals surface area (Å²) in [5, 5.41) is 3.00. The summed E-state index contributed by atoms with van der Waals surface area (Å²) in [4.78, 5) is 32.3. The van der Waals surface area contributed by atoms with Gasteiger partial charge in [0.05, 0.1) is 12.0 Å². The molecule has 1 aromatic heterocycles. The summed E-state index contributed by atoms with van der Waals surface area (Å²) in [6.45, 7) is 2.59. The molecule has 0 radical (unpaired) electrons. The molecule has 1 saturated heterocycles. The number of aromatic nitrogens is 1. The highest BCUT2D eigenvalue weighted by Crippen LogP contribution is 2.37. The van der Waals surface area contributed by atoms with E-state index in [0.29, 0.717) is 31.5 Å². The number of benzene rings is 1. The topological polar surface area (TPSA) is 62.3 Å². The van der Waals surface area contributed by atoms with Gasteiger partial charge in [-0.2, -0.15) is 0 Å². The third-order valence-corrected chi connectivity index (χ3v) is 6.70. The molecule has 2 fully saturated rings. The first kappa shape index (κ1) is 21.5. The Bertz CT molecular complexity index is 928. The normalized spacial score (nSPS) is 21.8. The number of rotatable bonds is 5. The highest BCUT2D eigenvalue weighted by Gasteiger charge is 2.38. The number of carbonyl (C=O) groups is 2. The van der Waals surface area contributed by atoms with Crippen LogP contribution in [-0.2, 0) is 16.1 Å². The Hall–Kier alpha value is -2.76. The van der Waals surface area contributed by atoms with E-state index in [4.69, 9.17) is 0 Å². The van der Waals surface area contributed by atoms with Gasteiger partial charge < -0.3 is 10.2 Å². The van der Waals surface area contributed by atoms with Crippen LogP contribution in [0.25, 0.3) is 0 Å². The van der Waals surface area contributed by atoms with Gasteiger partial charge in [0.25, 0.3) is 0 Å². The van der Waals surface area contributed by atoms with Crippen LogP contribution in [0.15, 0.2) is 42.7 Å². The van der Waals surface area contributed by atoms with Gasteiger partial charge in [0, 0.05) is 31.4 Å². The van der Waals surface area contributed by atoms with Gasteiger partial charge in [-0.15, -0.1) is 0 Å². The first-order valence-corrected chi connectivity index (χ1v) is 11.3. The fraction of sp³-hybridized carbons (Fsp3) is 0.480. The molecule has 1 aliphatic heterocycles. The number of hydrogen-bond acceptors (Lipinski definition) is 3. The Balaban J connectivity index is 1.49. The number of nitrogens with zero attached hydrogens (tertiary/aromatic N) is 2. The summed E-state index contributed by atoms with van der Waals surface area (Å²) in [6.07, 6.45) is 8.85. The van der Waals surface area contributed by atoms with E-state index in [2.05, 4.69) is 10.3 Å². The first-order chi connectivity index (χ1) is 15.0. The van der Waals surface area contributed by atoms with E-state index in [1.165, 1.54) is 6.07 Å². The monoisotopic (exact) mass is 423 g/mol. The van der Waals surface area contributed by atoms with Crippen molar-refractivity contribution in [2.24, 2.45) is 11.8 Å². The van der Waals surface area contributed by atoms with E-state index < -0.39 is 0 Å². The van der Waals surface area contributed by atoms with E-state index in [9.17, 15) is 14.0 Å². The maximum absolute atomic E-state index is 13.8. The minimum Gasteiger partial charge on any atom is -0.352 e. The molecular formula is C25H30FN3O2. The third-order valence-electron chi connectivity index (χ3n) is 6.70. The van der Waals surface area contributed by atoms with Crippen molar-refractivity contribution in [2.45, 2.75) is 58.0 Å². The van der Waals surface area contributed by atoms with Crippen LogP contribution >= 0.6 is 0 Å². The van der Waals surface area contributed by atoms with Crippen molar-refractivity contribution in [3.63, 3.8) is 0 Å². The van der Waals surface area contributed by atoms with Gasteiger partial charge in [0.15, 0.2) is 0 Å². The lowest BCUT2D eigenvalue weighted by atomic mass is 9.86. The Morgan fingerprint density at radius 1 is 1.13 bits per heavy atom. The van der Waals surface area contributed by atoms with E-state index >= 15 is 0 Å². The number of pyridine rings is 1. The zero-order valence-electron chi connectivity index (χ0n) is 18.0. The van der Waals surface area contributed by atoms with E-state index in [-0.39, 0.29) is 35.5 Å². The fourth-order valence-corrected chi connectivity index (χ4v) is 4.89. The highest BCUT2D eigenvalue weighted by molar-refractivity contribution is 5.83. The van der Waals surface area contributed by atoms with Crippen LogP contribution in [0.5, 0.6) is 0 Å². The molecule has 6 heteroatoms. The van der Waals surface area contributed by atoms with Crippen LogP contribution in [-0.4, -0.2) is 28.2 Å². The maximum atomic E-state index is 13.8. The maximum Gasteiger partial charge on any atom is 0.226 e. The second-order valence-corrected chi connectivity index (χ2v) is 8.85. The number of aryl methyl sites for hydroxylation is 1. The van der Waals surface area contributed by atoms with Crippen molar-refractivity contribution in [2.75, 3.05) is 6.54 Å². The molecule has 1 saturated carbocycles. The largest absolute Gasteiger partial charge is 0.352 e. The Morgan fingerprint density at radius 2 is 1.94 bits per heavy atom. The molecular weight excluding hydrogens is 393 g/mol. The molecule has 2 aliphatic rings. The van der Waals surface area contributed by atoms with Gasteiger partial charge in [-0.1, -0.05) is 31.0 Å². The van der Waals surface area contributed by atoms with Crippen LogP contribution in [0.3, 0.4) is 0 Å². The van der Waals surface area contributed by atoms with Gasteiger partial charge in [-0.25, -0.2) is 4.39 Å². The van der Waals surface area contributed by atoms with Crippen LogP contribution in [0, 0.1) is 24.6 Å². The Morgan fingerprint density at radius 3 is 2.65 bits per heavy atom. The zero-order valence-corrected chi connectivity index (χ0v) is 18.0. The van der Waals surface area contributed by atoms with Gasteiger partial charge >= 0.3 is 0 Å². The summed E-state index contributed by atoms with van der Waals surface area (Å²) in [5.74, 6) is -0.307. The Kier molecular flexibility index (Phi) is 6.64. The van der Waals surface area contributed by atoms with E-state index in [0.717, 1.165) is 36.8 Å². The minimum atomic E-state index is -0.236. The zero-order chi connectivity index (χ0) is 21.8. The molecule has 31 heavy (non-hydrogen) atoms. The molecule has 2 aromatic rings. The van der Waals surface area contributed by atoms with Crippen LogP contribution in [0.4, 0.5) is 4.39 Å². The van der Waals surface area contributed by atoms with Gasteiger partial charge in [0.2, 0.25) is 11.8 Å². The predicted molar refractivity (Wildman–Crippen MR) is 116 cm³/mol. The van der Waals surface area contributed by atoms with E-state index in [1.807, 2.05) is 23.1 Å². The number of amides is 2. The molecule has 2 amide bonds. The fourth-order valence-electron chi connectivity index (χ4n) is 4.89. The lowest BCUT2D eigenvalue weighted by molar-refractivity contribution is -0.142. The second-order valence-electron chi connectivity index (χ2n) is 8.85. The van der Waals surface area contributed by atoms with Crippen molar-refractivity contribution < 1.29 is 14.0 Å². The molecule has 1 N–H and O–H groups in total. The Labute approximate surface area is 183 Å². The minimum absolute atomic E-state index is 0.0261. The molecule has 1 aliphatic carbocycles. The van der Waals surface area contributed by atoms with E-state index in [1.54, 1.807) is 25.4 Å². The molecule has 0 bridgehead atoms. The SMILES string of the molecule is Cc1cc([C@@H]2CC[C@H](C(=O)NCc3cccnc3)CN2C(=O)C2CCCC2)ccc1F. The summed E-state index contributed by atoms with van der Waals surface area (Å²) in [7, 11) is 0. The summed E-state index contributed by atoms with van der Waals surface area (Å²) in [5.41, 5.74) is 2.49. The van der Waals surface area contributed by atoms with Crippen molar-refractivity contribution in [1.82, 2.24) is 15.2 Å². The lowest BCUT2D eigenvalue weighted by Crippen LogP contribution is -2.48. The first-order valence-electron chi connectivity index (χ1n) is 11.3. The molecule has 0 spiro atoms. The average molecular weight is 424 g/mol. The number of nitrogens with one attached hydrogen (secondary N) is 1. The van der Waals surface area contributed by atoms with Gasteiger partial charge in [-0.3, -0.25) is 14.6 Å². The number of carbonyl (C=O) groups excluding carboxylic acids is 2. The summed E-state index contributed by atoms with van der Waals surface area (Å²) >= 11 is 0. The van der Waals surface area contributed by atoms with Crippen molar-refractivity contribution in [3.05, 3.63) is 65.2 Å². The molecule has 5 nitrogen and oxygen atoms in total. The quantitative estimate of drug-likeness (QED) is 0.779. The van der Waals surface area contributed by atoms with Crippen LogP contribution < -0.4 is 5.32 Å². The van der Waals surface area contributed by atoms with Crippen LogP contribution in [0.1, 0.15) is 61.3 Å². The number of piperidine rings is 1. The standard InChI is InChI=1S/C25H30FN3O2/c1-17-13-20(8-10-22(17)26)23-11-9-21(16-29(23)25(31)19-6-2-3-7-19)24(30)28-15-18-5-4-12-27-14-18/h4-5,8,10,12-14,19,21,23H,2-3,6-7,9,11,15-16H2,1H3,(H,28,30)/t21-,23-/m0/s1. The van der Waals surface area contributed by atoms with Crippen molar-refractivity contribution >= 4 is 11.8 Å². The molecule has 164 valence electrons. The number of likely N-dealkylation sites (tertiary alicyclic amines) is 1. The molecule has 1 aromatic carbocycles. The second kappa shape index (κ2) is 9.58. The number of halogens is 1. The van der Waals surface area contributed by atoms with Gasteiger partial charge in [0.1, 0.15) is 5.82 Å². The number of hydrogen-bond donors (Lipinski definition) is 1. The average Bonchev–Trinajstić information content (AvgIpc) is 3.34. The predicted octanol–water partition coefficient (Wildman–Crippen LogP) is 4.32. The summed E-state index contributed by atoms with van der Waals surface area (Å²) in [6, 6.07) is 8.78. The highest BCUT2D eigenvalue weighted by atomic mass is 19.1. The van der Waals surface area contributed by atoms with Crippen molar-refractivity contribution in [3.8, 4) is 0 Å². The molecule has 2 heterocycles. The van der Waals surface area contributed by atoms with Crippen LogP contribution in [0.2, 0.25) is 0 Å². The smallest absolute Gasteiger partial charge is 0.226 e. The third kappa shape index (κ3) is 4.94. The van der Waals surface area contributed by atoms with Crippen molar-refractivity contribution in [1.29, 1.82) is 0 Å². The summed E-state index contributed by atoms with van der Waals surface area (Å²) < 4.78 is 13.8. The molecule has 0 unspecified atom stereocenters. The van der Waals surface area contributed by atoms with Gasteiger partial charge in [-0.05, 0) is 61.4 Å².